The molecule has 0 bridgehead atoms. The van der Waals surface area contributed by atoms with Crippen LogP contribution in [0.5, 0.6) is 0 Å². The average molecular weight is 265 g/mol. The average Bonchev–Trinajstić information content (AvgIpc) is 3.12. The van der Waals surface area contributed by atoms with Crippen molar-refractivity contribution in [3.8, 4) is 0 Å². The van der Waals surface area contributed by atoms with Crippen LogP contribution in [0.1, 0.15) is 50.2 Å². The topological polar surface area (TPSA) is 79.5 Å². The number of hydrogen-bond donors (Lipinski definition) is 1. The zero-order chi connectivity index (χ0) is 13.4. The number of carboxylic acids is 1. The molecule has 6 heteroatoms. The zero-order valence-electron chi connectivity index (χ0n) is 11.1. The monoisotopic (exact) mass is 265 g/mol. The molecule has 1 N–H and O–H groups in total. The third kappa shape index (κ3) is 2.78. The predicted octanol–water partition coefficient (Wildman–Crippen LogP) is 1.63. The van der Waals surface area contributed by atoms with Crippen molar-refractivity contribution in [2.45, 2.75) is 51.1 Å². The molecular weight excluding hydrogens is 246 g/mol. The van der Waals surface area contributed by atoms with Gasteiger partial charge in [-0.3, -0.25) is 9.69 Å². The highest BCUT2D eigenvalue weighted by Crippen LogP contribution is 2.38. The standard InChI is InChI=1S/C13H19N3O3/c1-8-6-10(13(17)18)4-5-16(8)7-11-14-12(15-19-11)9-2-3-9/h8-10H,2-7H2,1H3,(H,17,18). The highest BCUT2D eigenvalue weighted by Gasteiger charge is 2.32. The van der Waals surface area contributed by atoms with Crippen LogP contribution in [0.15, 0.2) is 4.52 Å². The molecular formula is C13H19N3O3. The SMILES string of the molecule is CC1CC(C(=O)O)CCN1Cc1nc(C2CC2)no1. The van der Waals surface area contributed by atoms with Crippen molar-refractivity contribution >= 4 is 5.97 Å². The quantitative estimate of drug-likeness (QED) is 0.891. The second-order valence-electron chi connectivity index (χ2n) is 5.70. The molecule has 1 aromatic heterocycles. The summed E-state index contributed by atoms with van der Waals surface area (Å²) in [5, 5.41) is 13.0. The van der Waals surface area contributed by atoms with Crippen LogP contribution in [0.4, 0.5) is 0 Å². The molecule has 1 saturated carbocycles. The van der Waals surface area contributed by atoms with Crippen LogP contribution in [-0.4, -0.2) is 38.7 Å². The van der Waals surface area contributed by atoms with Gasteiger partial charge in [0.05, 0.1) is 12.5 Å². The molecule has 0 spiro atoms. The van der Waals surface area contributed by atoms with Crippen molar-refractivity contribution in [3.63, 3.8) is 0 Å². The first kappa shape index (κ1) is 12.6. The number of nitrogens with zero attached hydrogens (tertiary/aromatic N) is 3. The van der Waals surface area contributed by atoms with Crippen LogP contribution in [0.3, 0.4) is 0 Å². The Morgan fingerprint density at radius 3 is 2.89 bits per heavy atom. The first-order chi connectivity index (χ1) is 9.13. The maximum Gasteiger partial charge on any atom is 0.306 e. The highest BCUT2D eigenvalue weighted by atomic mass is 16.5. The normalized spacial score (nSPS) is 28.5. The smallest absolute Gasteiger partial charge is 0.306 e. The minimum absolute atomic E-state index is 0.212. The summed E-state index contributed by atoms with van der Waals surface area (Å²) < 4.78 is 5.27. The molecule has 0 aromatic carbocycles. The molecule has 2 aliphatic rings. The van der Waals surface area contributed by atoms with Crippen molar-refractivity contribution in [1.29, 1.82) is 0 Å². The highest BCUT2D eigenvalue weighted by molar-refractivity contribution is 5.70. The lowest BCUT2D eigenvalue weighted by atomic mass is 9.92. The van der Waals surface area contributed by atoms with Gasteiger partial charge < -0.3 is 9.63 Å². The fourth-order valence-corrected chi connectivity index (χ4v) is 2.69. The van der Waals surface area contributed by atoms with Crippen LogP contribution in [0, 0.1) is 5.92 Å². The van der Waals surface area contributed by atoms with Crippen LogP contribution in [0.2, 0.25) is 0 Å². The Balaban J connectivity index is 1.58. The number of carbonyl (C=O) groups is 1. The number of aliphatic carboxylic acids is 1. The third-order valence-corrected chi connectivity index (χ3v) is 4.13. The summed E-state index contributed by atoms with van der Waals surface area (Å²) in [5.41, 5.74) is 0. The van der Waals surface area contributed by atoms with Crippen molar-refractivity contribution in [2.24, 2.45) is 5.92 Å². The molecule has 19 heavy (non-hydrogen) atoms. The van der Waals surface area contributed by atoms with Crippen LogP contribution in [0.25, 0.3) is 0 Å². The molecule has 1 aromatic rings. The van der Waals surface area contributed by atoms with Crippen LogP contribution in [-0.2, 0) is 11.3 Å². The van der Waals surface area contributed by atoms with Gasteiger partial charge in [0.1, 0.15) is 0 Å². The molecule has 0 radical (unpaired) electrons. The second-order valence-corrected chi connectivity index (χ2v) is 5.70. The fraction of sp³-hybridized carbons (Fsp3) is 0.769. The summed E-state index contributed by atoms with van der Waals surface area (Å²) in [5.74, 6) is 1.11. The molecule has 1 aliphatic heterocycles. The molecule has 2 atom stereocenters. The maximum atomic E-state index is 11.0. The van der Waals surface area contributed by atoms with E-state index >= 15 is 0 Å². The number of likely N-dealkylation sites (tertiary alicyclic amines) is 1. The van der Waals surface area contributed by atoms with E-state index in [2.05, 4.69) is 22.0 Å². The van der Waals surface area contributed by atoms with E-state index in [-0.39, 0.29) is 12.0 Å². The van der Waals surface area contributed by atoms with E-state index in [4.69, 9.17) is 9.63 Å². The lowest BCUT2D eigenvalue weighted by molar-refractivity contribution is -0.144. The molecule has 2 heterocycles. The Morgan fingerprint density at radius 1 is 1.47 bits per heavy atom. The van der Waals surface area contributed by atoms with Gasteiger partial charge in [-0.2, -0.15) is 4.98 Å². The van der Waals surface area contributed by atoms with Gasteiger partial charge in [-0.25, -0.2) is 0 Å². The van der Waals surface area contributed by atoms with E-state index in [0.717, 1.165) is 12.4 Å². The summed E-state index contributed by atoms with van der Waals surface area (Å²) in [6.45, 7) is 3.47. The van der Waals surface area contributed by atoms with Gasteiger partial charge in [-0.1, -0.05) is 5.16 Å². The molecule has 6 nitrogen and oxygen atoms in total. The first-order valence-corrected chi connectivity index (χ1v) is 6.93. The Morgan fingerprint density at radius 2 is 2.26 bits per heavy atom. The zero-order valence-corrected chi connectivity index (χ0v) is 11.1. The van der Waals surface area contributed by atoms with Gasteiger partial charge in [-0.15, -0.1) is 0 Å². The van der Waals surface area contributed by atoms with Crippen molar-refractivity contribution in [2.75, 3.05) is 6.54 Å². The van der Waals surface area contributed by atoms with Crippen LogP contribution >= 0.6 is 0 Å². The first-order valence-electron chi connectivity index (χ1n) is 6.93. The fourth-order valence-electron chi connectivity index (χ4n) is 2.69. The molecule has 1 aliphatic carbocycles. The molecule has 2 fully saturated rings. The summed E-state index contributed by atoms with van der Waals surface area (Å²) in [4.78, 5) is 17.6. The lowest BCUT2D eigenvalue weighted by Gasteiger charge is -2.35. The number of piperidine rings is 1. The minimum atomic E-state index is -0.680. The summed E-state index contributed by atoms with van der Waals surface area (Å²) in [6, 6.07) is 0.242. The Kier molecular flexibility index (Phi) is 3.26. The van der Waals surface area contributed by atoms with Crippen molar-refractivity contribution < 1.29 is 14.4 Å². The molecule has 1 saturated heterocycles. The number of hydrogen-bond acceptors (Lipinski definition) is 5. The van der Waals surface area contributed by atoms with E-state index < -0.39 is 5.97 Å². The van der Waals surface area contributed by atoms with Gasteiger partial charge in [0.2, 0.25) is 5.89 Å². The summed E-state index contributed by atoms with van der Waals surface area (Å²) >= 11 is 0. The largest absolute Gasteiger partial charge is 0.481 e. The van der Waals surface area contributed by atoms with Gasteiger partial charge in [0, 0.05) is 12.0 Å². The van der Waals surface area contributed by atoms with Gasteiger partial charge in [0.15, 0.2) is 5.82 Å². The summed E-state index contributed by atoms with van der Waals surface area (Å²) in [6.07, 6.45) is 3.72. The maximum absolute atomic E-state index is 11.0. The Hall–Kier alpha value is -1.43. The molecule has 2 unspecified atom stereocenters. The van der Waals surface area contributed by atoms with Crippen molar-refractivity contribution in [3.05, 3.63) is 11.7 Å². The minimum Gasteiger partial charge on any atom is -0.481 e. The number of aromatic nitrogens is 2. The third-order valence-electron chi connectivity index (χ3n) is 4.13. The molecule has 0 amide bonds. The van der Waals surface area contributed by atoms with Gasteiger partial charge in [0.25, 0.3) is 0 Å². The predicted molar refractivity (Wildman–Crippen MR) is 66.5 cm³/mol. The van der Waals surface area contributed by atoms with E-state index in [0.29, 0.717) is 31.2 Å². The van der Waals surface area contributed by atoms with Crippen molar-refractivity contribution in [1.82, 2.24) is 15.0 Å². The van der Waals surface area contributed by atoms with E-state index in [1.54, 1.807) is 0 Å². The van der Waals surface area contributed by atoms with E-state index in [9.17, 15) is 4.79 Å². The summed E-state index contributed by atoms with van der Waals surface area (Å²) in [7, 11) is 0. The van der Waals surface area contributed by atoms with Gasteiger partial charge in [-0.05, 0) is 39.2 Å². The molecule has 104 valence electrons. The lowest BCUT2D eigenvalue weighted by Crippen LogP contribution is -2.42. The van der Waals surface area contributed by atoms with E-state index in [1.165, 1.54) is 12.8 Å². The number of carboxylic acid groups (broad SMARTS) is 1. The Labute approximate surface area is 111 Å². The second kappa shape index (κ2) is 4.92. The van der Waals surface area contributed by atoms with Gasteiger partial charge >= 0.3 is 5.97 Å². The molecule has 3 rings (SSSR count). The Bertz CT molecular complexity index is 469. The van der Waals surface area contributed by atoms with E-state index in [1.807, 2.05) is 0 Å². The number of rotatable bonds is 4. The van der Waals surface area contributed by atoms with Crippen LogP contribution < -0.4 is 0 Å².